The van der Waals surface area contributed by atoms with Gasteiger partial charge in [-0.15, -0.1) is 0 Å². The van der Waals surface area contributed by atoms with Gasteiger partial charge >= 0.3 is 0 Å². The van der Waals surface area contributed by atoms with E-state index in [0.717, 1.165) is 3.57 Å². The number of rotatable bonds is 3. The second-order valence-corrected chi connectivity index (χ2v) is 4.91. The van der Waals surface area contributed by atoms with Crippen molar-refractivity contribution in [3.63, 3.8) is 0 Å². The van der Waals surface area contributed by atoms with Crippen LogP contribution < -0.4 is 16.2 Å². The summed E-state index contributed by atoms with van der Waals surface area (Å²) in [6.07, 6.45) is 0. The lowest BCUT2D eigenvalue weighted by atomic mass is 10.1. The molecule has 5 heteroatoms. The first kappa shape index (κ1) is 12.7. The first-order valence-corrected chi connectivity index (χ1v) is 6.27. The van der Waals surface area contributed by atoms with Crippen LogP contribution in [0.5, 0.6) is 11.5 Å². The van der Waals surface area contributed by atoms with Gasteiger partial charge in [-0.1, -0.05) is 0 Å². The Hall–Kier alpha value is -1.76. The molecule has 0 saturated carbocycles. The van der Waals surface area contributed by atoms with Crippen molar-refractivity contribution < 1.29 is 9.53 Å². The summed E-state index contributed by atoms with van der Waals surface area (Å²) in [6.45, 7) is 0. The van der Waals surface area contributed by atoms with Gasteiger partial charge in [0.15, 0.2) is 0 Å². The first-order valence-electron chi connectivity index (χ1n) is 5.19. The zero-order valence-corrected chi connectivity index (χ0v) is 11.5. The second-order valence-electron chi connectivity index (χ2n) is 3.67. The zero-order chi connectivity index (χ0) is 13.1. The average Bonchev–Trinajstić information content (AvgIpc) is 2.34. The van der Waals surface area contributed by atoms with E-state index in [9.17, 15) is 4.79 Å². The normalized spacial score (nSPS) is 10.1. The molecule has 0 radical (unpaired) electrons. The molecule has 2 aromatic carbocycles. The van der Waals surface area contributed by atoms with Gasteiger partial charge in [-0.25, -0.2) is 0 Å². The fourth-order valence-corrected chi connectivity index (χ4v) is 1.81. The molecule has 0 heterocycles. The predicted molar refractivity (Wildman–Crippen MR) is 78.6 cm³/mol. The van der Waals surface area contributed by atoms with Crippen LogP contribution in [-0.4, -0.2) is 5.91 Å². The maximum atomic E-state index is 11.2. The van der Waals surface area contributed by atoms with E-state index in [0.29, 0.717) is 17.2 Å². The highest BCUT2D eigenvalue weighted by molar-refractivity contribution is 14.1. The molecule has 0 fully saturated rings. The Balaban J connectivity index is 2.27. The number of carbonyl (C=O) groups is 1. The molecule has 0 aliphatic rings. The van der Waals surface area contributed by atoms with E-state index in [1.54, 1.807) is 12.1 Å². The van der Waals surface area contributed by atoms with E-state index in [2.05, 4.69) is 22.6 Å². The number of hydrogen-bond donors (Lipinski definition) is 2. The summed E-state index contributed by atoms with van der Waals surface area (Å²) in [5, 5.41) is 0. The smallest absolute Gasteiger partial charge is 0.250 e. The monoisotopic (exact) mass is 354 g/mol. The molecule has 0 spiro atoms. The third kappa shape index (κ3) is 2.92. The fourth-order valence-electron chi connectivity index (χ4n) is 1.45. The van der Waals surface area contributed by atoms with Crippen LogP contribution in [0, 0.1) is 3.57 Å². The van der Waals surface area contributed by atoms with Crippen molar-refractivity contribution in [1.29, 1.82) is 0 Å². The van der Waals surface area contributed by atoms with Crippen LogP contribution in [0.25, 0.3) is 0 Å². The lowest BCUT2D eigenvalue weighted by Crippen LogP contribution is -2.13. The van der Waals surface area contributed by atoms with Crippen LogP contribution in [0.2, 0.25) is 0 Å². The van der Waals surface area contributed by atoms with E-state index in [1.807, 2.05) is 24.3 Å². The Morgan fingerprint density at radius 3 is 2.28 bits per heavy atom. The Morgan fingerprint density at radius 2 is 1.67 bits per heavy atom. The molecule has 0 saturated heterocycles. The maximum Gasteiger partial charge on any atom is 0.250 e. The molecule has 2 rings (SSSR count). The second kappa shape index (κ2) is 5.26. The molecule has 0 atom stereocenters. The van der Waals surface area contributed by atoms with E-state index in [-0.39, 0.29) is 5.56 Å². The van der Waals surface area contributed by atoms with Crippen molar-refractivity contribution in [3.05, 3.63) is 51.6 Å². The fraction of sp³-hybridized carbons (Fsp3) is 0. The van der Waals surface area contributed by atoms with Gasteiger partial charge in [0.25, 0.3) is 5.91 Å². The lowest BCUT2D eigenvalue weighted by molar-refractivity contribution is 0.100. The summed E-state index contributed by atoms with van der Waals surface area (Å²) in [5.41, 5.74) is 11.5. The van der Waals surface area contributed by atoms with Crippen LogP contribution >= 0.6 is 22.6 Å². The van der Waals surface area contributed by atoms with Gasteiger partial charge < -0.3 is 16.2 Å². The summed E-state index contributed by atoms with van der Waals surface area (Å²) in [4.78, 5) is 11.2. The molecule has 1 amide bonds. The number of halogens is 1. The largest absolute Gasteiger partial charge is 0.457 e. The lowest BCUT2D eigenvalue weighted by Gasteiger charge is -2.08. The average molecular weight is 354 g/mol. The summed E-state index contributed by atoms with van der Waals surface area (Å²) in [7, 11) is 0. The van der Waals surface area contributed by atoms with Crippen LogP contribution in [0.15, 0.2) is 42.5 Å². The molecule has 0 bridgehead atoms. The number of hydrogen-bond acceptors (Lipinski definition) is 3. The van der Waals surface area contributed by atoms with Gasteiger partial charge in [0, 0.05) is 9.26 Å². The van der Waals surface area contributed by atoms with Crippen LogP contribution in [0.3, 0.4) is 0 Å². The predicted octanol–water partition coefficient (Wildman–Crippen LogP) is 2.76. The Morgan fingerprint density at radius 1 is 1.06 bits per heavy atom. The Kier molecular flexibility index (Phi) is 3.71. The summed E-state index contributed by atoms with van der Waals surface area (Å²) >= 11 is 2.21. The van der Waals surface area contributed by atoms with Crippen molar-refractivity contribution >= 4 is 34.2 Å². The van der Waals surface area contributed by atoms with Crippen molar-refractivity contribution in [3.8, 4) is 11.5 Å². The molecule has 0 aliphatic heterocycles. The number of amides is 1. The highest BCUT2D eigenvalue weighted by Crippen LogP contribution is 2.25. The minimum absolute atomic E-state index is 0.262. The van der Waals surface area contributed by atoms with Crippen molar-refractivity contribution in [2.24, 2.45) is 5.73 Å². The van der Waals surface area contributed by atoms with E-state index in [1.165, 1.54) is 6.07 Å². The van der Waals surface area contributed by atoms with Gasteiger partial charge in [-0.3, -0.25) is 4.79 Å². The van der Waals surface area contributed by atoms with Gasteiger partial charge in [-0.2, -0.15) is 0 Å². The molecule has 18 heavy (non-hydrogen) atoms. The van der Waals surface area contributed by atoms with Gasteiger partial charge in [-0.05, 0) is 65.1 Å². The van der Waals surface area contributed by atoms with Gasteiger partial charge in [0.05, 0.1) is 5.56 Å². The summed E-state index contributed by atoms with van der Waals surface area (Å²) in [6, 6.07) is 12.4. The summed E-state index contributed by atoms with van der Waals surface area (Å²) in [5.74, 6) is 0.648. The van der Waals surface area contributed by atoms with E-state index < -0.39 is 5.91 Å². The number of carbonyl (C=O) groups excluding carboxylic acids is 1. The Bertz CT molecular complexity index is 582. The number of primary amides is 1. The van der Waals surface area contributed by atoms with Crippen LogP contribution in [-0.2, 0) is 0 Å². The zero-order valence-electron chi connectivity index (χ0n) is 9.39. The van der Waals surface area contributed by atoms with E-state index in [4.69, 9.17) is 16.2 Å². The minimum Gasteiger partial charge on any atom is -0.457 e. The topological polar surface area (TPSA) is 78.3 Å². The number of benzene rings is 2. The molecule has 2 aromatic rings. The van der Waals surface area contributed by atoms with Gasteiger partial charge in [0.1, 0.15) is 11.5 Å². The number of nitrogen functional groups attached to an aromatic ring is 1. The third-order valence-electron chi connectivity index (χ3n) is 2.34. The maximum absolute atomic E-state index is 11.2. The number of ether oxygens (including phenoxy) is 1. The van der Waals surface area contributed by atoms with E-state index >= 15 is 0 Å². The molecule has 4 nitrogen and oxygen atoms in total. The standard InChI is InChI=1S/C13H11IN2O2/c14-8-1-3-9(4-2-8)18-10-5-6-12(15)11(7-10)13(16)17/h1-7H,15H2,(H2,16,17). The third-order valence-corrected chi connectivity index (χ3v) is 3.06. The van der Waals surface area contributed by atoms with Gasteiger partial charge in [0.2, 0.25) is 0 Å². The summed E-state index contributed by atoms with van der Waals surface area (Å²) < 4.78 is 6.73. The van der Waals surface area contributed by atoms with Crippen molar-refractivity contribution in [1.82, 2.24) is 0 Å². The highest BCUT2D eigenvalue weighted by Gasteiger charge is 2.07. The Labute approximate surface area is 118 Å². The molecular formula is C13H11IN2O2. The quantitative estimate of drug-likeness (QED) is 0.657. The van der Waals surface area contributed by atoms with Crippen molar-refractivity contribution in [2.45, 2.75) is 0 Å². The molecule has 0 unspecified atom stereocenters. The minimum atomic E-state index is -0.569. The van der Waals surface area contributed by atoms with Crippen LogP contribution in [0.1, 0.15) is 10.4 Å². The number of nitrogens with two attached hydrogens (primary N) is 2. The molecule has 0 aliphatic carbocycles. The first-order chi connectivity index (χ1) is 8.56. The van der Waals surface area contributed by atoms with Crippen LogP contribution in [0.4, 0.5) is 5.69 Å². The molecule has 92 valence electrons. The molecular weight excluding hydrogens is 343 g/mol. The highest BCUT2D eigenvalue weighted by atomic mass is 127. The van der Waals surface area contributed by atoms with Crippen molar-refractivity contribution in [2.75, 3.05) is 5.73 Å². The number of anilines is 1. The SMILES string of the molecule is NC(=O)c1cc(Oc2ccc(I)cc2)ccc1N. The molecule has 0 aromatic heterocycles. The molecule has 4 N–H and O–H groups in total.